The molecule has 0 aromatic rings. The van der Waals surface area contributed by atoms with E-state index in [1.165, 1.54) is 0 Å². The average Bonchev–Trinajstić information content (AvgIpc) is 2.86. The number of carbonyl (C=O) groups is 2. The highest BCUT2D eigenvalue weighted by Crippen LogP contribution is 2.15. The fourth-order valence-electron chi connectivity index (χ4n) is 2.18. The second kappa shape index (κ2) is 4.99. The molecule has 0 radical (unpaired) electrons. The third-order valence-corrected chi connectivity index (χ3v) is 3.09. The van der Waals surface area contributed by atoms with Crippen LogP contribution in [0, 0.1) is 0 Å². The Morgan fingerprint density at radius 3 is 2.65 bits per heavy atom. The van der Waals surface area contributed by atoms with Crippen LogP contribution in [-0.2, 0) is 14.3 Å². The molecule has 2 rings (SSSR count). The van der Waals surface area contributed by atoms with Gasteiger partial charge in [0.1, 0.15) is 18.2 Å². The van der Waals surface area contributed by atoms with Crippen molar-refractivity contribution in [1.82, 2.24) is 10.6 Å². The zero-order chi connectivity index (χ0) is 12.4. The molecular weight excluding hydrogens is 228 g/mol. The summed E-state index contributed by atoms with van der Waals surface area (Å²) in [5, 5.41) is 23.8. The number of aliphatic hydroxyl groups excluding tert-OH is 1. The Kier molecular flexibility index (Phi) is 3.60. The van der Waals surface area contributed by atoms with Gasteiger partial charge in [0.05, 0.1) is 6.10 Å². The molecule has 2 fully saturated rings. The first-order chi connectivity index (χ1) is 8.08. The molecule has 2 aliphatic rings. The molecule has 0 aliphatic carbocycles. The Morgan fingerprint density at radius 1 is 1.29 bits per heavy atom. The van der Waals surface area contributed by atoms with Crippen LogP contribution in [0.4, 0.5) is 0 Å². The van der Waals surface area contributed by atoms with E-state index in [9.17, 15) is 14.7 Å². The number of carboxylic acids is 1. The van der Waals surface area contributed by atoms with Crippen molar-refractivity contribution in [3.63, 3.8) is 0 Å². The van der Waals surface area contributed by atoms with Crippen molar-refractivity contribution in [2.75, 3.05) is 13.1 Å². The summed E-state index contributed by atoms with van der Waals surface area (Å²) in [6.45, 7) is 0.890. The summed E-state index contributed by atoms with van der Waals surface area (Å²) in [6.07, 6.45) is -0.349. The van der Waals surface area contributed by atoms with Crippen LogP contribution in [0.1, 0.15) is 12.8 Å². The van der Waals surface area contributed by atoms with Gasteiger partial charge in [-0.3, -0.25) is 9.59 Å². The van der Waals surface area contributed by atoms with Crippen LogP contribution in [-0.4, -0.2) is 59.5 Å². The number of aliphatic hydroxyl groups is 1. The van der Waals surface area contributed by atoms with Gasteiger partial charge in [-0.15, -0.1) is 0 Å². The number of hydrogen-bond acceptors (Lipinski definition) is 6. The SMILES string of the molecule is O=C(OC1CCN[C@@H]1C(=O)O)[C@@H]1C[C@@H](O)CN1. The second-order valence-electron chi connectivity index (χ2n) is 4.38. The molecule has 7 nitrogen and oxygen atoms in total. The molecule has 7 heteroatoms. The largest absolute Gasteiger partial charge is 0.480 e. The van der Waals surface area contributed by atoms with E-state index in [2.05, 4.69) is 10.6 Å². The van der Waals surface area contributed by atoms with E-state index in [0.717, 1.165) is 0 Å². The summed E-state index contributed by atoms with van der Waals surface area (Å²) in [5.74, 6) is -1.50. The number of esters is 1. The number of carboxylic acid groups (broad SMARTS) is 1. The topological polar surface area (TPSA) is 108 Å². The van der Waals surface area contributed by atoms with Crippen molar-refractivity contribution in [2.24, 2.45) is 0 Å². The van der Waals surface area contributed by atoms with Crippen LogP contribution in [0.2, 0.25) is 0 Å². The molecular formula is C10H16N2O5. The number of aliphatic carboxylic acids is 1. The lowest BCUT2D eigenvalue weighted by atomic mass is 10.1. The Morgan fingerprint density at radius 2 is 2.06 bits per heavy atom. The normalized spacial score (nSPS) is 37.0. The predicted molar refractivity (Wildman–Crippen MR) is 56.3 cm³/mol. The molecule has 1 unspecified atom stereocenters. The van der Waals surface area contributed by atoms with Gasteiger partial charge in [0, 0.05) is 13.0 Å². The summed E-state index contributed by atoms with van der Waals surface area (Å²) in [4.78, 5) is 22.6. The van der Waals surface area contributed by atoms with Crippen LogP contribution >= 0.6 is 0 Å². The Balaban J connectivity index is 1.88. The smallest absolute Gasteiger partial charge is 0.324 e. The van der Waals surface area contributed by atoms with E-state index >= 15 is 0 Å². The van der Waals surface area contributed by atoms with Crippen molar-refractivity contribution in [3.05, 3.63) is 0 Å². The minimum absolute atomic E-state index is 0.316. The monoisotopic (exact) mass is 244 g/mol. The van der Waals surface area contributed by atoms with Gasteiger partial charge in [-0.2, -0.15) is 0 Å². The lowest BCUT2D eigenvalue weighted by Gasteiger charge is -2.18. The van der Waals surface area contributed by atoms with Crippen LogP contribution in [0.5, 0.6) is 0 Å². The Labute approximate surface area is 98.1 Å². The van der Waals surface area contributed by atoms with Gasteiger partial charge in [0.15, 0.2) is 0 Å². The summed E-state index contributed by atoms with van der Waals surface area (Å²) in [5.41, 5.74) is 0. The maximum Gasteiger partial charge on any atom is 0.324 e. The lowest BCUT2D eigenvalue weighted by Crippen LogP contribution is -2.43. The van der Waals surface area contributed by atoms with E-state index < -0.39 is 36.2 Å². The summed E-state index contributed by atoms with van der Waals surface area (Å²) >= 11 is 0. The standard InChI is InChI=1S/C10H16N2O5/c13-5-3-6(12-4-5)10(16)17-7-1-2-11-8(7)9(14)15/h5-8,11-13H,1-4H2,(H,14,15)/t5-,6+,7?,8+/m1/s1. The van der Waals surface area contributed by atoms with Gasteiger partial charge in [-0.25, -0.2) is 0 Å². The number of carbonyl (C=O) groups excluding carboxylic acids is 1. The quantitative estimate of drug-likeness (QED) is 0.428. The molecule has 0 bridgehead atoms. The molecule has 4 atom stereocenters. The molecule has 0 saturated carbocycles. The number of nitrogens with one attached hydrogen (secondary N) is 2. The van der Waals surface area contributed by atoms with Crippen LogP contribution in [0.15, 0.2) is 0 Å². The number of hydrogen-bond donors (Lipinski definition) is 4. The van der Waals surface area contributed by atoms with Gasteiger partial charge in [0.2, 0.25) is 0 Å². The fraction of sp³-hybridized carbons (Fsp3) is 0.800. The molecule has 0 amide bonds. The van der Waals surface area contributed by atoms with Crippen LogP contribution < -0.4 is 10.6 Å². The molecule has 4 N–H and O–H groups in total. The van der Waals surface area contributed by atoms with Crippen LogP contribution in [0.25, 0.3) is 0 Å². The maximum absolute atomic E-state index is 11.7. The summed E-state index contributed by atoms with van der Waals surface area (Å²) in [7, 11) is 0. The molecule has 0 spiro atoms. The highest BCUT2D eigenvalue weighted by molar-refractivity contribution is 5.79. The van der Waals surface area contributed by atoms with Crippen molar-refractivity contribution in [1.29, 1.82) is 0 Å². The molecule has 2 heterocycles. The summed E-state index contributed by atoms with van der Waals surface area (Å²) in [6, 6.07) is -1.36. The van der Waals surface area contributed by atoms with Crippen molar-refractivity contribution in [3.8, 4) is 0 Å². The molecule has 0 aromatic carbocycles. The molecule has 96 valence electrons. The molecule has 17 heavy (non-hydrogen) atoms. The fourth-order valence-corrected chi connectivity index (χ4v) is 2.18. The van der Waals surface area contributed by atoms with Crippen molar-refractivity contribution >= 4 is 11.9 Å². The van der Waals surface area contributed by atoms with Gasteiger partial charge in [-0.05, 0) is 13.0 Å². The minimum atomic E-state index is -1.01. The zero-order valence-electron chi connectivity index (χ0n) is 9.26. The maximum atomic E-state index is 11.7. The molecule has 2 saturated heterocycles. The van der Waals surface area contributed by atoms with Gasteiger partial charge < -0.3 is 25.6 Å². The van der Waals surface area contributed by atoms with Crippen molar-refractivity contribution in [2.45, 2.75) is 37.1 Å². The van der Waals surface area contributed by atoms with E-state index in [1.54, 1.807) is 0 Å². The second-order valence-corrected chi connectivity index (χ2v) is 4.38. The Hall–Kier alpha value is -1.18. The van der Waals surface area contributed by atoms with E-state index in [-0.39, 0.29) is 0 Å². The van der Waals surface area contributed by atoms with Gasteiger partial charge >= 0.3 is 11.9 Å². The number of rotatable bonds is 3. The zero-order valence-corrected chi connectivity index (χ0v) is 9.26. The lowest BCUT2D eigenvalue weighted by molar-refractivity contribution is -0.155. The third-order valence-electron chi connectivity index (χ3n) is 3.09. The average molecular weight is 244 g/mol. The number of ether oxygens (including phenoxy) is 1. The Bertz CT molecular complexity index is 322. The number of β-amino-alcohol motifs (C(OH)–C–C–N with tert-alkyl or cyclic N) is 1. The first-order valence-corrected chi connectivity index (χ1v) is 5.66. The van der Waals surface area contributed by atoms with Crippen LogP contribution in [0.3, 0.4) is 0 Å². The highest BCUT2D eigenvalue weighted by Gasteiger charge is 2.38. The van der Waals surface area contributed by atoms with Gasteiger partial charge in [-0.1, -0.05) is 0 Å². The van der Waals surface area contributed by atoms with E-state index in [4.69, 9.17) is 9.84 Å². The van der Waals surface area contributed by atoms with Crippen molar-refractivity contribution < 1.29 is 24.5 Å². The highest BCUT2D eigenvalue weighted by atomic mass is 16.5. The minimum Gasteiger partial charge on any atom is -0.480 e. The van der Waals surface area contributed by atoms with E-state index in [0.29, 0.717) is 25.9 Å². The predicted octanol–water partition coefficient (Wildman–Crippen LogP) is -1.93. The van der Waals surface area contributed by atoms with E-state index in [1.807, 2.05) is 0 Å². The third kappa shape index (κ3) is 2.74. The first-order valence-electron chi connectivity index (χ1n) is 5.66. The first kappa shape index (κ1) is 12.3. The molecule has 0 aromatic heterocycles. The molecule has 2 aliphatic heterocycles. The van der Waals surface area contributed by atoms with Gasteiger partial charge in [0.25, 0.3) is 0 Å². The summed E-state index contributed by atoms with van der Waals surface area (Å²) < 4.78 is 5.16.